The number of hydrogen-bond donors (Lipinski definition) is 0. The van der Waals surface area contributed by atoms with Crippen LogP contribution in [-0.4, -0.2) is 24.9 Å². The molecule has 6 heteroatoms. The monoisotopic (exact) mass is 236 g/mol. The summed E-state index contributed by atoms with van der Waals surface area (Å²) in [6.07, 6.45) is 4.93. The molecule has 0 aliphatic rings. The molecule has 0 N–H and O–H groups in total. The fourth-order valence-corrected chi connectivity index (χ4v) is 1.93. The average Bonchev–Trinajstić information content (AvgIpc) is 2.90. The first kappa shape index (κ1) is 10.9. The molecule has 0 atom stereocenters. The molecule has 0 aliphatic carbocycles. The Labute approximate surface area is 97.3 Å². The van der Waals surface area contributed by atoms with Crippen molar-refractivity contribution >= 4 is 17.3 Å². The van der Waals surface area contributed by atoms with E-state index in [4.69, 9.17) is 0 Å². The molecule has 2 rings (SSSR count). The van der Waals surface area contributed by atoms with Crippen molar-refractivity contribution in [2.24, 2.45) is 0 Å². The van der Waals surface area contributed by atoms with Gasteiger partial charge in [-0.15, -0.1) is 5.10 Å². The second kappa shape index (κ2) is 4.98. The van der Waals surface area contributed by atoms with Crippen molar-refractivity contribution in [1.82, 2.24) is 19.1 Å². The van der Waals surface area contributed by atoms with Crippen LogP contribution >= 0.6 is 11.5 Å². The van der Waals surface area contributed by atoms with Crippen molar-refractivity contribution in [2.45, 2.75) is 26.3 Å². The van der Waals surface area contributed by atoms with Crippen LogP contribution in [0.5, 0.6) is 0 Å². The zero-order valence-corrected chi connectivity index (χ0v) is 9.78. The van der Waals surface area contributed by atoms with Crippen LogP contribution in [0.3, 0.4) is 0 Å². The minimum Gasteiger partial charge on any atom is -0.335 e. The van der Waals surface area contributed by atoms with E-state index in [9.17, 15) is 4.79 Å². The van der Waals surface area contributed by atoms with Gasteiger partial charge in [0, 0.05) is 24.3 Å². The van der Waals surface area contributed by atoms with E-state index in [1.54, 1.807) is 11.6 Å². The van der Waals surface area contributed by atoms with Crippen molar-refractivity contribution < 1.29 is 4.79 Å². The number of nitrogens with zero attached hydrogens (tertiary/aromatic N) is 4. The predicted molar refractivity (Wildman–Crippen MR) is 60.5 cm³/mol. The third-order valence-corrected chi connectivity index (χ3v) is 2.74. The molecular formula is C10H12N4OS. The van der Waals surface area contributed by atoms with E-state index in [1.807, 2.05) is 10.8 Å². The second-order valence-corrected chi connectivity index (χ2v) is 4.04. The van der Waals surface area contributed by atoms with Crippen LogP contribution in [-0.2, 0) is 13.0 Å². The number of carbonyl (C=O) groups is 1. The molecule has 0 spiro atoms. The topological polar surface area (TPSA) is 60.7 Å². The Bertz CT molecular complexity index is 463. The Morgan fingerprint density at radius 2 is 2.44 bits per heavy atom. The van der Waals surface area contributed by atoms with Crippen LogP contribution in [0.15, 0.2) is 17.8 Å². The van der Waals surface area contributed by atoms with Crippen LogP contribution in [0.4, 0.5) is 0 Å². The molecule has 0 bridgehead atoms. The van der Waals surface area contributed by atoms with E-state index in [0.717, 1.165) is 18.8 Å². The number of aromatic nitrogens is 4. The number of ketones is 1. The lowest BCUT2D eigenvalue weighted by molar-refractivity contribution is 0.0985. The maximum Gasteiger partial charge on any atom is 0.191 e. The molecule has 0 fully saturated rings. The highest BCUT2D eigenvalue weighted by Crippen LogP contribution is 2.06. The van der Waals surface area contributed by atoms with E-state index in [1.165, 1.54) is 11.5 Å². The van der Waals surface area contributed by atoms with Crippen LogP contribution < -0.4 is 0 Å². The lowest BCUT2D eigenvalue weighted by Crippen LogP contribution is -2.10. The van der Waals surface area contributed by atoms with Crippen molar-refractivity contribution in [3.05, 3.63) is 29.3 Å². The molecule has 0 saturated heterocycles. The first-order valence-corrected chi connectivity index (χ1v) is 5.95. The first-order chi connectivity index (χ1) is 7.81. The minimum absolute atomic E-state index is 0.0303. The van der Waals surface area contributed by atoms with Crippen LogP contribution in [0.25, 0.3) is 0 Å². The predicted octanol–water partition coefficient (Wildman–Crippen LogP) is 1.57. The summed E-state index contributed by atoms with van der Waals surface area (Å²) in [5, 5.41) is 5.42. The van der Waals surface area contributed by atoms with Gasteiger partial charge in [0.05, 0.1) is 6.42 Å². The smallest absolute Gasteiger partial charge is 0.191 e. The maximum atomic E-state index is 11.8. The van der Waals surface area contributed by atoms with Crippen molar-refractivity contribution in [3.63, 3.8) is 0 Å². The van der Waals surface area contributed by atoms with E-state index in [-0.39, 0.29) is 5.78 Å². The largest absolute Gasteiger partial charge is 0.335 e. The van der Waals surface area contributed by atoms with E-state index >= 15 is 0 Å². The number of rotatable bonds is 5. The number of carbonyl (C=O) groups excluding carboxylic acids is 1. The summed E-state index contributed by atoms with van der Waals surface area (Å²) in [4.78, 5) is 16.0. The van der Waals surface area contributed by atoms with Gasteiger partial charge in [-0.25, -0.2) is 4.98 Å². The Morgan fingerprint density at radius 3 is 3.12 bits per heavy atom. The number of hydrogen-bond acceptors (Lipinski definition) is 5. The highest BCUT2D eigenvalue weighted by Gasteiger charge is 2.13. The highest BCUT2D eigenvalue weighted by atomic mass is 32.1. The summed E-state index contributed by atoms with van der Waals surface area (Å²) < 4.78 is 5.67. The van der Waals surface area contributed by atoms with Gasteiger partial charge in [-0.1, -0.05) is 11.4 Å². The van der Waals surface area contributed by atoms with Gasteiger partial charge in [0.25, 0.3) is 0 Å². The zero-order chi connectivity index (χ0) is 11.4. The average molecular weight is 236 g/mol. The molecule has 2 aromatic heterocycles. The van der Waals surface area contributed by atoms with Gasteiger partial charge in [0.15, 0.2) is 5.78 Å². The maximum absolute atomic E-state index is 11.8. The standard InChI is InChI=1S/C10H12N4OS/c1-2-4-14-5-3-11-10(14)6-9(15)8-7-16-13-12-8/h3,5,7H,2,4,6H2,1H3. The lowest BCUT2D eigenvalue weighted by atomic mass is 10.2. The van der Waals surface area contributed by atoms with Crippen molar-refractivity contribution in [3.8, 4) is 0 Å². The fourth-order valence-electron chi connectivity index (χ4n) is 1.47. The fraction of sp³-hybridized carbons (Fsp3) is 0.400. The number of Topliss-reactive ketones (excluding diaryl/α,β-unsaturated/α-hetero) is 1. The number of aryl methyl sites for hydroxylation is 1. The van der Waals surface area contributed by atoms with Gasteiger partial charge in [-0.2, -0.15) is 0 Å². The summed E-state index contributed by atoms with van der Waals surface area (Å²) in [7, 11) is 0. The van der Waals surface area contributed by atoms with Gasteiger partial charge >= 0.3 is 0 Å². The molecule has 2 aromatic rings. The molecule has 5 nitrogen and oxygen atoms in total. The Kier molecular flexibility index (Phi) is 3.40. The van der Waals surface area contributed by atoms with Gasteiger partial charge in [-0.05, 0) is 18.0 Å². The van der Waals surface area contributed by atoms with E-state index in [2.05, 4.69) is 21.5 Å². The Morgan fingerprint density at radius 1 is 1.56 bits per heavy atom. The molecule has 0 amide bonds. The molecule has 84 valence electrons. The van der Waals surface area contributed by atoms with E-state index in [0.29, 0.717) is 12.1 Å². The molecule has 0 aliphatic heterocycles. The van der Waals surface area contributed by atoms with Gasteiger partial charge in [-0.3, -0.25) is 4.79 Å². The summed E-state index contributed by atoms with van der Waals surface area (Å²) in [6.45, 7) is 2.98. The van der Waals surface area contributed by atoms with Crippen molar-refractivity contribution in [2.75, 3.05) is 0 Å². The normalized spacial score (nSPS) is 10.6. The third kappa shape index (κ3) is 2.33. The molecule has 2 heterocycles. The molecule has 0 aromatic carbocycles. The second-order valence-electron chi connectivity index (χ2n) is 3.43. The SMILES string of the molecule is CCCn1ccnc1CC(=O)c1csnn1. The molecular weight excluding hydrogens is 224 g/mol. The summed E-state index contributed by atoms with van der Waals surface area (Å²) in [6, 6.07) is 0. The molecule has 0 radical (unpaired) electrons. The van der Waals surface area contributed by atoms with Gasteiger partial charge < -0.3 is 4.57 Å². The summed E-state index contributed by atoms with van der Waals surface area (Å²) in [5.41, 5.74) is 0.427. The van der Waals surface area contributed by atoms with Crippen LogP contribution in [0.2, 0.25) is 0 Å². The van der Waals surface area contributed by atoms with Gasteiger partial charge in [0.1, 0.15) is 11.5 Å². The Hall–Kier alpha value is -1.56. The van der Waals surface area contributed by atoms with Gasteiger partial charge in [0.2, 0.25) is 0 Å². The first-order valence-electron chi connectivity index (χ1n) is 5.11. The summed E-state index contributed by atoms with van der Waals surface area (Å²) >= 11 is 1.19. The molecule has 0 saturated carbocycles. The summed E-state index contributed by atoms with van der Waals surface area (Å²) in [5.74, 6) is 0.761. The van der Waals surface area contributed by atoms with Crippen LogP contribution in [0.1, 0.15) is 29.7 Å². The quantitative estimate of drug-likeness (QED) is 0.739. The lowest BCUT2D eigenvalue weighted by Gasteiger charge is -2.04. The highest BCUT2D eigenvalue weighted by molar-refractivity contribution is 7.03. The molecule has 0 unspecified atom stereocenters. The van der Waals surface area contributed by atoms with E-state index < -0.39 is 0 Å². The molecule has 16 heavy (non-hydrogen) atoms. The van der Waals surface area contributed by atoms with Crippen molar-refractivity contribution in [1.29, 1.82) is 0 Å². The zero-order valence-electron chi connectivity index (χ0n) is 8.96. The van der Waals surface area contributed by atoms with Crippen LogP contribution in [0, 0.1) is 0 Å². The number of imidazole rings is 1. The third-order valence-electron chi connectivity index (χ3n) is 2.23. The Balaban J connectivity index is 2.09. The minimum atomic E-state index is -0.0303.